The normalized spacial score (nSPS) is 15.9. The average molecular weight is 245 g/mol. The molecule has 0 aromatic carbocycles. The van der Waals surface area contributed by atoms with Crippen molar-refractivity contribution >= 4 is 23.3 Å². The fourth-order valence-corrected chi connectivity index (χ4v) is 1.88. The molecule has 0 spiro atoms. The van der Waals surface area contributed by atoms with E-state index in [1.54, 1.807) is 0 Å². The van der Waals surface area contributed by atoms with E-state index in [0.717, 1.165) is 19.3 Å². The number of nitrogens with two attached hydrogens (primary N) is 1. The number of aromatic carboxylic acids is 1. The predicted molar refractivity (Wildman–Crippen MR) is 57.2 cm³/mol. The van der Waals surface area contributed by atoms with Gasteiger partial charge in [0.2, 0.25) is 0 Å². The summed E-state index contributed by atoms with van der Waals surface area (Å²) in [5.41, 5.74) is 4.86. The number of carboxylic acids is 1. The van der Waals surface area contributed by atoms with Crippen LogP contribution in [0.4, 0.5) is 10.1 Å². The number of nitrogen functional groups attached to an aromatic ring is 1. The molecule has 86 valence electrons. The zero-order valence-corrected chi connectivity index (χ0v) is 9.09. The number of pyridine rings is 1. The van der Waals surface area contributed by atoms with E-state index in [9.17, 15) is 9.18 Å². The van der Waals surface area contributed by atoms with Gasteiger partial charge in [0.25, 0.3) is 0 Å². The van der Waals surface area contributed by atoms with Gasteiger partial charge >= 0.3 is 5.97 Å². The number of carbonyl (C=O) groups is 1. The van der Waals surface area contributed by atoms with Crippen molar-refractivity contribution < 1.29 is 14.3 Å². The van der Waals surface area contributed by atoms with Gasteiger partial charge in [-0.3, -0.25) is 0 Å². The fourth-order valence-electron chi connectivity index (χ4n) is 1.67. The third kappa shape index (κ3) is 1.61. The second-order valence-electron chi connectivity index (χ2n) is 3.82. The van der Waals surface area contributed by atoms with E-state index < -0.39 is 11.8 Å². The van der Waals surface area contributed by atoms with Gasteiger partial charge in [-0.1, -0.05) is 18.0 Å². The minimum atomic E-state index is -1.29. The van der Waals surface area contributed by atoms with E-state index >= 15 is 0 Å². The van der Waals surface area contributed by atoms with Gasteiger partial charge in [-0.15, -0.1) is 0 Å². The molecule has 1 saturated carbocycles. The van der Waals surface area contributed by atoms with Crippen LogP contribution in [0.2, 0.25) is 5.02 Å². The van der Waals surface area contributed by atoms with Gasteiger partial charge in [-0.2, -0.15) is 0 Å². The lowest BCUT2D eigenvalue weighted by Gasteiger charge is -2.25. The molecule has 0 atom stereocenters. The zero-order chi connectivity index (χ0) is 11.9. The molecule has 1 fully saturated rings. The summed E-state index contributed by atoms with van der Waals surface area (Å²) in [6, 6.07) is 0. The van der Waals surface area contributed by atoms with Crippen molar-refractivity contribution in [1.82, 2.24) is 4.98 Å². The summed E-state index contributed by atoms with van der Waals surface area (Å²) in [6.07, 6.45) is 2.62. The Morgan fingerprint density at radius 3 is 2.62 bits per heavy atom. The summed E-state index contributed by atoms with van der Waals surface area (Å²) in [6.45, 7) is 0. The van der Waals surface area contributed by atoms with Crippen LogP contribution in [0.5, 0.6) is 0 Å². The largest absolute Gasteiger partial charge is 0.476 e. The second kappa shape index (κ2) is 3.90. The second-order valence-corrected chi connectivity index (χ2v) is 4.20. The van der Waals surface area contributed by atoms with Crippen molar-refractivity contribution in [1.29, 1.82) is 0 Å². The lowest BCUT2D eigenvalue weighted by Crippen LogP contribution is -2.17. The molecule has 0 unspecified atom stereocenters. The van der Waals surface area contributed by atoms with Gasteiger partial charge in [0.1, 0.15) is 0 Å². The molecular weight excluding hydrogens is 235 g/mol. The molecular formula is C10H10ClFN2O2. The predicted octanol–water partition coefficient (Wildman–Crippen LogP) is 2.42. The fraction of sp³-hybridized carbons (Fsp3) is 0.400. The highest BCUT2D eigenvalue weighted by molar-refractivity contribution is 6.35. The maximum atomic E-state index is 13.7. The van der Waals surface area contributed by atoms with Crippen molar-refractivity contribution in [3.05, 3.63) is 22.2 Å². The molecule has 1 aromatic heterocycles. The highest BCUT2D eigenvalue weighted by Crippen LogP contribution is 2.39. The van der Waals surface area contributed by atoms with Crippen molar-refractivity contribution in [2.75, 3.05) is 5.73 Å². The van der Waals surface area contributed by atoms with Gasteiger partial charge in [-0.25, -0.2) is 14.2 Å². The first kappa shape index (κ1) is 11.1. The van der Waals surface area contributed by atoms with Gasteiger partial charge in [-0.05, 0) is 12.8 Å². The number of anilines is 1. The van der Waals surface area contributed by atoms with Crippen molar-refractivity contribution in [3.8, 4) is 0 Å². The Morgan fingerprint density at radius 2 is 2.19 bits per heavy atom. The number of halogens is 2. The van der Waals surface area contributed by atoms with E-state index in [-0.39, 0.29) is 28.0 Å². The molecule has 1 heterocycles. The van der Waals surface area contributed by atoms with Crippen molar-refractivity contribution in [3.63, 3.8) is 0 Å². The number of rotatable bonds is 2. The molecule has 16 heavy (non-hydrogen) atoms. The molecule has 2 rings (SSSR count). The number of carboxylic acid groups (broad SMARTS) is 1. The topological polar surface area (TPSA) is 76.2 Å². The first-order valence-electron chi connectivity index (χ1n) is 4.90. The highest BCUT2D eigenvalue weighted by atomic mass is 35.5. The molecule has 1 aromatic rings. The van der Waals surface area contributed by atoms with Crippen LogP contribution in [0.3, 0.4) is 0 Å². The summed E-state index contributed by atoms with van der Waals surface area (Å²) in [4.78, 5) is 14.6. The van der Waals surface area contributed by atoms with E-state index in [1.165, 1.54) is 0 Å². The molecule has 3 N–H and O–H groups in total. The third-order valence-corrected chi connectivity index (χ3v) is 3.22. The van der Waals surface area contributed by atoms with Crippen molar-refractivity contribution in [2.45, 2.75) is 25.2 Å². The summed E-state index contributed by atoms with van der Waals surface area (Å²) >= 11 is 5.62. The number of nitrogens with zero attached hydrogens (tertiary/aromatic N) is 1. The Labute approximate surface area is 96.2 Å². The molecule has 0 saturated heterocycles. The molecule has 4 nitrogen and oxygen atoms in total. The van der Waals surface area contributed by atoms with Crippen molar-refractivity contribution in [2.24, 2.45) is 0 Å². The van der Waals surface area contributed by atoms with E-state index in [1.807, 2.05) is 0 Å². The van der Waals surface area contributed by atoms with Gasteiger partial charge in [0.15, 0.2) is 11.5 Å². The van der Waals surface area contributed by atoms with E-state index in [0.29, 0.717) is 0 Å². The van der Waals surface area contributed by atoms with Crippen LogP contribution in [-0.2, 0) is 0 Å². The monoisotopic (exact) mass is 244 g/mol. The molecule has 0 radical (unpaired) electrons. The molecule has 6 heteroatoms. The molecule has 1 aliphatic carbocycles. The SMILES string of the molecule is Nc1c(F)c(C2CCC2)nc(C(=O)O)c1Cl. The Bertz CT molecular complexity index is 461. The lowest BCUT2D eigenvalue weighted by molar-refractivity contribution is 0.0690. The zero-order valence-electron chi connectivity index (χ0n) is 8.33. The van der Waals surface area contributed by atoms with E-state index in [2.05, 4.69) is 4.98 Å². The standard InChI is InChI=1S/C10H10ClFN2O2/c11-5-7(13)6(12)8(4-2-1-3-4)14-9(5)10(15)16/h4H,1-3H2,(H2,13,14)(H,15,16). The van der Waals surface area contributed by atoms with Crippen LogP contribution in [0.15, 0.2) is 0 Å². The van der Waals surface area contributed by atoms with Crippen LogP contribution in [0.1, 0.15) is 41.4 Å². The Balaban J connectivity index is 2.56. The molecule has 0 aliphatic heterocycles. The van der Waals surface area contributed by atoms with Crippen LogP contribution in [0.25, 0.3) is 0 Å². The Hall–Kier alpha value is -1.36. The first-order chi connectivity index (χ1) is 7.52. The summed E-state index contributed by atoms with van der Waals surface area (Å²) in [5, 5.41) is 8.53. The molecule has 0 amide bonds. The minimum Gasteiger partial charge on any atom is -0.476 e. The smallest absolute Gasteiger partial charge is 0.356 e. The maximum Gasteiger partial charge on any atom is 0.356 e. The Kier molecular flexibility index (Phi) is 2.71. The number of hydrogen-bond acceptors (Lipinski definition) is 3. The molecule has 0 bridgehead atoms. The summed E-state index contributed by atoms with van der Waals surface area (Å²) in [5.74, 6) is -2.00. The van der Waals surface area contributed by atoms with Crippen LogP contribution < -0.4 is 5.73 Å². The third-order valence-electron chi connectivity index (χ3n) is 2.83. The molecule has 1 aliphatic rings. The maximum absolute atomic E-state index is 13.7. The number of aromatic nitrogens is 1. The van der Waals surface area contributed by atoms with Gasteiger partial charge in [0, 0.05) is 5.92 Å². The Morgan fingerprint density at radius 1 is 1.56 bits per heavy atom. The summed E-state index contributed by atoms with van der Waals surface area (Å²) < 4.78 is 13.7. The van der Waals surface area contributed by atoms with Gasteiger partial charge in [0.05, 0.1) is 16.4 Å². The summed E-state index contributed by atoms with van der Waals surface area (Å²) in [7, 11) is 0. The minimum absolute atomic E-state index is 0.0299. The highest BCUT2D eigenvalue weighted by Gasteiger charge is 2.29. The van der Waals surface area contributed by atoms with Crippen LogP contribution >= 0.6 is 11.6 Å². The van der Waals surface area contributed by atoms with Crippen LogP contribution in [0, 0.1) is 5.82 Å². The average Bonchev–Trinajstić information content (AvgIpc) is 2.15. The quantitative estimate of drug-likeness (QED) is 0.838. The van der Waals surface area contributed by atoms with Gasteiger partial charge < -0.3 is 10.8 Å². The first-order valence-corrected chi connectivity index (χ1v) is 5.27. The number of hydrogen-bond donors (Lipinski definition) is 2. The van der Waals surface area contributed by atoms with Crippen LogP contribution in [-0.4, -0.2) is 16.1 Å². The van der Waals surface area contributed by atoms with E-state index in [4.69, 9.17) is 22.4 Å². The lowest BCUT2D eigenvalue weighted by atomic mass is 9.82.